The number of hydrazine groups is 1. The molecule has 194 valence electrons. The Balaban J connectivity index is 1.38. The first-order chi connectivity index (χ1) is 17.6. The number of nitrogens with two attached hydrogens (primary N) is 1. The molecule has 2 N–H and O–H groups in total. The van der Waals surface area contributed by atoms with Gasteiger partial charge < -0.3 is 14.4 Å². The Morgan fingerprint density at radius 1 is 1.00 bits per heavy atom. The van der Waals surface area contributed by atoms with Gasteiger partial charge in [0.25, 0.3) is 5.91 Å². The molecule has 2 heterocycles. The zero-order valence-corrected chi connectivity index (χ0v) is 21.2. The fourth-order valence-electron chi connectivity index (χ4n) is 3.99. The maximum Gasteiger partial charge on any atom is 0.424 e. The van der Waals surface area contributed by atoms with Gasteiger partial charge in [-0.1, -0.05) is 30.3 Å². The van der Waals surface area contributed by atoms with Gasteiger partial charge in [0.15, 0.2) is 0 Å². The van der Waals surface area contributed by atoms with Crippen LogP contribution >= 0.6 is 0 Å². The highest BCUT2D eigenvalue weighted by atomic mass is 16.6. The molecule has 4 rings (SSSR count). The van der Waals surface area contributed by atoms with Crippen LogP contribution in [0, 0.1) is 0 Å². The lowest BCUT2D eigenvalue weighted by molar-refractivity contribution is 0.0146. The number of carbonyl (C=O) groups excluding carboxylic acids is 3. The van der Waals surface area contributed by atoms with E-state index >= 15 is 0 Å². The molecular formula is C27H31N5O5. The van der Waals surface area contributed by atoms with E-state index in [2.05, 4.69) is 4.98 Å². The molecule has 1 aliphatic heterocycles. The third-order valence-corrected chi connectivity index (χ3v) is 5.89. The molecule has 2 amide bonds. The summed E-state index contributed by atoms with van der Waals surface area (Å²) in [4.78, 5) is 43.8. The van der Waals surface area contributed by atoms with Gasteiger partial charge in [-0.2, -0.15) is 0 Å². The summed E-state index contributed by atoms with van der Waals surface area (Å²) >= 11 is 0. The van der Waals surface area contributed by atoms with Crippen LogP contribution < -0.4 is 10.6 Å². The molecule has 0 aliphatic carbocycles. The first-order valence-corrected chi connectivity index (χ1v) is 12.1. The van der Waals surface area contributed by atoms with Crippen molar-refractivity contribution >= 4 is 18.1 Å². The fraction of sp³-hybridized carbons (Fsp3) is 0.333. The van der Waals surface area contributed by atoms with Crippen molar-refractivity contribution in [2.75, 3.05) is 13.1 Å². The minimum Gasteiger partial charge on any atom is -0.444 e. The molecule has 10 nitrogen and oxygen atoms in total. The first kappa shape index (κ1) is 25.9. The van der Waals surface area contributed by atoms with Crippen LogP contribution in [-0.2, 0) is 4.74 Å². The van der Waals surface area contributed by atoms with Gasteiger partial charge in [-0.05, 0) is 57.9 Å². The number of rotatable bonds is 4. The van der Waals surface area contributed by atoms with Gasteiger partial charge in [-0.25, -0.2) is 25.0 Å². The summed E-state index contributed by atoms with van der Waals surface area (Å²) in [5.41, 5.74) is 1.00. The summed E-state index contributed by atoms with van der Waals surface area (Å²) in [6, 6.07) is 15.4. The predicted octanol–water partition coefficient (Wildman–Crippen LogP) is 4.31. The molecule has 10 heteroatoms. The molecule has 2 aromatic carbocycles. The number of benzene rings is 2. The molecule has 1 aromatic heterocycles. The Bertz CT molecular complexity index is 1260. The predicted molar refractivity (Wildman–Crippen MR) is 137 cm³/mol. The van der Waals surface area contributed by atoms with E-state index in [1.165, 1.54) is 15.9 Å². The van der Waals surface area contributed by atoms with Crippen LogP contribution in [-0.4, -0.2) is 62.3 Å². The summed E-state index contributed by atoms with van der Waals surface area (Å²) in [6.45, 7) is 6.39. The molecule has 1 fully saturated rings. The lowest BCUT2D eigenvalue weighted by Crippen LogP contribution is -2.52. The molecular weight excluding hydrogens is 474 g/mol. The molecule has 0 atom stereocenters. The summed E-state index contributed by atoms with van der Waals surface area (Å²) in [5.74, 6) is 6.31. The number of amides is 2. The quantitative estimate of drug-likeness (QED) is 0.319. The van der Waals surface area contributed by atoms with E-state index in [0.29, 0.717) is 48.5 Å². The van der Waals surface area contributed by atoms with E-state index in [1.807, 2.05) is 26.8 Å². The van der Waals surface area contributed by atoms with Crippen molar-refractivity contribution in [1.82, 2.24) is 19.5 Å². The summed E-state index contributed by atoms with van der Waals surface area (Å²) in [6.07, 6.45) is 3.05. The van der Waals surface area contributed by atoms with Crippen LogP contribution in [0.4, 0.5) is 9.59 Å². The molecule has 0 saturated carbocycles. The molecule has 0 unspecified atom stereocenters. The fourth-order valence-corrected chi connectivity index (χ4v) is 3.99. The van der Waals surface area contributed by atoms with Gasteiger partial charge >= 0.3 is 12.2 Å². The number of carbonyl (C=O) groups is 3. The second-order valence-corrected chi connectivity index (χ2v) is 9.84. The standard InChI is InChI=1S/C27H31N5O5/c1-27(2,3)37-26(35)30-14-12-21(13-15-30)32(28)24(33)20-9-7-8-19(16-20)23-17-31(18-29-23)25(34)36-22-10-5-4-6-11-22/h4-11,16-18,21H,12-15,28H2,1-3H3. The molecule has 0 spiro atoms. The third kappa shape index (κ3) is 6.53. The summed E-state index contributed by atoms with van der Waals surface area (Å²) in [7, 11) is 0. The molecule has 0 radical (unpaired) electrons. The average Bonchev–Trinajstić information content (AvgIpc) is 3.38. The number of ether oxygens (including phenoxy) is 2. The van der Waals surface area contributed by atoms with E-state index < -0.39 is 11.7 Å². The Morgan fingerprint density at radius 3 is 2.38 bits per heavy atom. The number of aromatic nitrogens is 2. The molecule has 37 heavy (non-hydrogen) atoms. The van der Waals surface area contributed by atoms with Crippen LogP contribution in [0.3, 0.4) is 0 Å². The van der Waals surface area contributed by atoms with E-state index in [9.17, 15) is 14.4 Å². The highest BCUT2D eigenvalue weighted by molar-refractivity contribution is 5.95. The first-order valence-electron chi connectivity index (χ1n) is 12.1. The second kappa shape index (κ2) is 10.8. The van der Waals surface area contributed by atoms with Crippen molar-refractivity contribution in [3.05, 3.63) is 72.7 Å². The van der Waals surface area contributed by atoms with Gasteiger partial charge in [0, 0.05) is 30.4 Å². The average molecular weight is 506 g/mol. The van der Waals surface area contributed by atoms with Gasteiger partial charge in [0.1, 0.15) is 17.7 Å². The number of likely N-dealkylation sites (tertiary alicyclic amines) is 1. The monoisotopic (exact) mass is 505 g/mol. The minimum absolute atomic E-state index is 0.207. The maximum absolute atomic E-state index is 13.1. The second-order valence-electron chi connectivity index (χ2n) is 9.84. The minimum atomic E-state index is -0.594. The largest absolute Gasteiger partial charge is 0.444 e. The van der Waals surface area contributed by atoms with E-state index in [0.717, 1.165) is 0 Å². The molecule has 3 aromatic rings. The Morgan fingerprint density at radius 2 is 1.70 bits per heavy atom. The van der Waals surface area contributed by atoms with Crippen molar-refractivity contribution in [2.24, 2.45) is 5.84 Å². The zero-order chi connectivity index (χ0) is 26.6. The van der Waals surface area contributed by atoms with Crippen LogP contribution in [0.25, 0.3) is 11.3 Å². The van der Waals surface area contributed by atoms with Crippen LogP contribution in [0.15, 0.2) is 67.1 Å². The number of hydrogen-bond acceptors (Lipinski definition) is 7. The lowest BCUT2D eigenvalue weighted by Gasteiger charge is -2.36. The molecule has 1 saturated heterocycles. The van der Waals surface area contributed by atoms with Gasteiger partial charge in [-0.3, -0.25) is 9.80 Å². The van der Waals surface area contributed by atoms with Crippen LogP contribution in [0.5, 0.6) is 5.75 Å². The van der Waals surface area contributed by atoms with Gasteiger partial charge in [-0.15, -0.1) is 0 Å². The van der Waals surface area contributed by atoms with Crippen LogP contribution in [0.2, 0.25) is 0 Å². The SMILES string of the molecule is CC(C)(C)OC(=O)N1CCC(N(N)C(=O)c2cccc(-c3cn(C(=O)Oc4ccccc4)cn3)c2)CC1. The zero-order valence-electron chi connectivity index (χ0n) is 21.2. The van der Waals surface area contributed by atoms with E-state index in [1.54, 1.807) is 59.6 Å². The van der Waals surface area contributed by atoms with Crippen molar-refractivity contribution < 1.29 is 23.9 Å². The van der Waals surface area contributed by atoms with E-state index in [4.69, 9.17) is 15.3 Å². The molecule has 0 bridgehead atoms. The molecule has 1 aliphatic rings. The van der Waals surface area contributed by atoms with Crippen molar-refractivity contribution in [3.8, 4) is 17.0 Å². The highest BCUT2D eigenvalue weighted by Crippen LogP contribution is 2.22. The van der Waals surface area contributed by atoms with Gasteiger partial charge in [0.2, 0.25) is 0 Å². The normalized spacial score (nSPS) is 14.2. The summed E-state index contributed by atoms with van der Waals surface area (Å²) in [5, 5.41) is 1.24. The lowest BCUT2D eigenvalue weighted by atomic mass is 10.0. The van der Waals surface area contributed by atoms with Crippen molar-refractivity contribution in [1.29, 1.82) is 0 Å². The maximum atomic E-state index is 13.1. The van der Waals surface area contributed by atoms with Crippen molar-refractivity contribution in [3.63, 3.8) is 0 Å². The van der Waals surface area contributed by atoms with Gasteiger partial charge in [0.05, 0.1) is 11.7 Å². The topological polar surface area (TPSA) is 120 Å². The number of imidazole rings is 1. The van der Waals surface area contributed by atoms with E-state index in [-0.39, 0.29) is 18.0 Å². The smallest absolute Gasteiger partial charge is 0.424 e. The Hall–Kier alpha value is -4.18. The number of piperidine rings is 1. The third-order valence-electron chi connectivity index (χ3n) is 5.89. The van der Waals surface area contributed by atoms with Crippen LogP contribution in [0.1, 0.15) is 44.0 Å². The number of nitrogens with zero attached hydrogens (tertiary/aromatic N) is 4. The van der Waals surface area contributed by atoms with Crippen molar-refractivity contribution in [2.45, 2.75) is 45.3 Å². The number of para-hydroxylation sites is 1. The Labute approximate surface area is 215 Å². The highest BCUT2D eigenvalue weighted by Gasteiger charge is 2.31. The number of hydrogen-bond donors (Lipinski definition) is 1. The Kier molecular flexibility index (Phi) is 7.58. The summed E-state index contributed by atoms with van der Waals surface area (Å²) < 4.78 is 12.0.